The van der Waals surface area contributed by atoms with Gasteiger partial charge in [0.2, 0.25) is 0 Å². The number of alkyl halides is 3. The Bertz CT molecular complexity index is 1230. The quantitative estimate of drug-likeness (QED) is 0.150. The second-order valence-electron chi connectivity index (χ2n) is 8.73. The number of hydrogen-bond donors (Lipinski definition) is 1. The van der Waals surface area contributed by atoms with Gasteiger partial charge in [0, 0.05) is 22.6 Å². The first-order chi connectivity index (χ1) is 19.0. The van der Waals surface area contributed by atoms with Crippen LogP contribution < -0.4 is 0 Å². The molecule has 0 aliphatic carbocycles. The highest BCUT2D eigenvalue weighted by Gasteiger charge is 2.30. The molecule has 0 saturated heterocycles. The summed E-state index contributed by atoms with van der Waals surface area (Å²) >= 11 is 1.54. The number of rotatable bonds is 10. The van der Waals surface area contributed by atoms with Crippen molar-refractivity contribution in [3.63, 3.8) is 0 Å². The van der Waals surface area contributed by atoms with Crippen molar-refractivity contribution in [3.8, 4) is 22.8 Å². The van der Waals surface area contributed by atoms with E-state index in [4.69, 9.17) is 9.84 Å². The minimum atomic E-state index is -4.32. The van der Waals surface area contributed by atoms with Gasteiger partial charge in [0.05, 0.1) is 11.8 Å². The van der Waals surface area contributed by atoms with Crippen molar-refractivity contribution in [2.45, 2.75) is 65.7 Å². The molecule has 3 nitrogen and oxygen atoms in total. The zero-order valence-electron chi connectivity index (χ0n) is 23.4. The van der Waals surface area contributed by atoms with Crippen molar-refractivity contribution in [2.75, 3.05) is 0 Å². The fraction of sp³-hybridized carbons (Fsp3) is 0.303. The largest absolute Gasteiger partial charge is 0.492 e. The van der Waals surface area contributed by atoms with Crippen LogP contribution in [0.15, 0.2) is 90.7 Å². The molecule has 2 aromatic carbocycles. The van der Waals surface area contributed by atoms with Gasteiger partial charge in [-0.15, -0.1) is 23.7 Å². The average molecular weight is 571 g/mol. The molecule has 0 aliphatic heterocycles. The molecule has 1 aromatic heterocycles. The molecule has 1 unspecified atom stereocenters. The predicted molar refractivity (Wildman–Crippen MR) is 159 cm³/mol. The Hall–Kier alpha value is -3.76. The summed E-state index contributed by atoms with van der Waals surface area (Å²) in [6.07, 6.45) is 8.32. The molecule has 0 spiro atoms. The number of carbonyl (C=O) groups is 1. The molecule has 214 valence electrons. The van der Waals surface area contributed by atoms with Gasteiger partial charge < -0.3 is 9.84 Å². The van der Waals surface area contributed by atoms with Gasteiger partial charge in [-0.1, -0.05) is 60.2 Å². The molecule has 7 heteroatoms. The normalized spacial score (nSPS) is 11.9. The molecular weight excluding hydrogens is 533 g/mol. The van der Waals surface area contributed by atoms with Crippen LogP contribution in [-0.4, -0.2) is 11.1 Å². The van der Waals surface area contributed by atoms with Crippen molar-refractivity contribution < 1.29 is 27.8 Å². The molecule has 0 aliphatic rings. The Morgan fingerprint density at radius 1 is 1.05 bits per heavy atom. The highest BCUT2D eigenvalue weighted by Crippen LogP contribution is 2.36. The van der Waals surface area contributed by atoms with Crippen LogP contribution in [0.3, 0.4) is 0 Å². The lowest BCUT2D eigenvalue weighted by atomic mass is 10.1. The highest BCUT2D eigenvalue weighted by molar-refractivity contribution is 7.15. The molecule has 1 atom stereocenters. The fourth-order valence-electron chi connectivity index (χ4n) is 3.38. The van der Waals surface area contributed by atoms with Gasteiger partial charge in [0.15, 0.2) is 0 Å². The zero-order valence-corrected chi connectivity index (χ0v) is 24.2. The van der Waals surface area contributed by atoms with Gasteiger partial charge in [0.1, 0.15) is 6.10 Å². The first-order valence-electron chi connectivity index (χ1n) is 12.8. The standard InChI is InChI=1S/C22H19F3OS.C8H14O2.C3H4/c1-2-14-26-19(15-16-6-4-3-5-7-16)21-13-12-20(27-21)17-8-10-18(11-9-17)22(23,24)25;1-3-7(2)5-4-6-8(9)10;1-3-2/h2-14,19H,15H2,1H3;3H,4-6H2,1-2H3,(H,9,10);1H,2H3/b14-2+;7-3-;. The van der Waals surface area contributed by atoms with Crippen LogP contribution in [0.25, 0.3) is 10.4 Å². The van der Waals surface area contributed by atoms with Crippen molar-refractivity contribution in [1.29, 1.82) is 0 Å². The minimum absolute atomic E-state index is 0.142. The summed E-state index contributed by atoms with van der Waals surface area (Å²) in [7, 11) is 0. The van der Waals surface area contributed by atoms with Gasteiger partial charge >= 0.3 is 12.1 Å². The Labute approximate surface area is 240 Å². The number of ether oxygens (including phenoxy) is 1. The monoisotopic (exact) mass is 570 g/mol. The summed E-state index contributed by atoms with van der Waals surface area (Å²) in [6.45, 7) is 7.53. The SMILES string of the molecule is C#CC.C/C=C(/C)CCCC(=O)O.C/C=C/OC(Cc1ccccc1)c1ccc(-c2ccc(C(F)(F)F)cc2)s1. The van der Waals surface area contributed by atoms with E-state index in [0.717, 1.165) is 52.3 Å². The molecule has 0 fully saturated rings. The molecule has 0 radical (unpaired) electrons. The van der Waals surface area contributed by atoms with Crippen molar-refractivity contribution >= 4 is 17.3 Å². The number of terminal acetylenes is 1. The molecule has 1 heterocycles. The van der Waals surface area contributed by atoms with Crippen LogP contribution in [-0.2, 0) is 22.1 Å². The number of allylic oxidation sites excluding steroid dienone is 3. The van der Waals surface area contributed by atoms with Gasteiger partial charge in [-0.2, -0.15) is 13.2 Å². The molecule has 3 aromatic rings. The van der Waals surface area contributed by atoms with Crippen molar-refractivity contribution in [1.82, 2.24) is 0 Å². The summed E-state index contributed by atoms with van der Waals surface area (Å²) < 4.78 is 44.1. The lowest BCUT2D eigenvalue weighted by Gasteiger charge is -2.15. The maximum Gasteiger partial charge on any atom is 0.416 e. The number of thiophene rings is 1. The molecule has 40 heavy (non-hydrogen) atoms. The van der Waals surface area contributed by atoms with E-state index in [2.05, 4.69) is 24.5 Å². The third kappa shape index (κ3) is 13.3. The van der Waals surface area contributed by atoms with E-state index >= 15 is 0 Å². The predicted octanol–water partition coefficient (Wildman–Crippen LogP) is 10.1. The molecule has 3 rings (SSSR count). The fourth-order valence-corrected chi connectivity index (χ4v) is 4.44. The van der Waals surface area contributed by atoms with E-state index in [-0.39, 0.29) is 12.5 Å². The van der Waals surface area contributed by atoms with Crippen LogP contribution in [0.5, 0.6) is 0 Å². The lowest BCUT2D eigenvalue weighted by molar-refractivity contribution is -0.138. The number of benzene rings is 2. The summed E-state index contributed by atoms with van der Waals surface area (Å²) in [5.74, 6) is 1.55. The van der Waals surface area contributed by atoms with Gasteiger partial charge in [0.25, 0.3) is 0 Å². The Kier molecular flexibility index (Phi) is 15.9. The van der Waals surface area contributed by atoms with Crippen LogP contribution in [0.2, 0.25) is 0 Å². The molecule has 1 N–H and O–H groups in total. The van der Waals surface area contributed by atoms with Crippen molar-refractivity contribution in [3.05, 3.63) is 107 Å². The van der Waals surface area contributed by atoms with Crippen LogP contribution in [0.4, 0.5) is 13.2 Å². The number of carboxylic acid groups (broad SMARTS) is 1. The third-order valence-electron chi connectivity index (χ3n) is 5.54. The van der Waals surface area contributed by atoms with E-state index < -0.39 is 17.7 Å². The smallest absolute Gasteiger partial charge is 0.416 e. The Morgan fingerprint density at radius 3 is 2.20 bits per heavy atom. The first kappa shape index (κ1) is 34.3. The molecule has 0 bridgehead atoms. The Balaban J connectivity index is 0.000000517. The summed E-state index contributed by atoms with van der Waals surface area (Å²) in [5.41, 5.74) is 2.56. The highest BCUT2D eigenvalue weighted by atomic mass is 32.1. The van der Waals surface area contributed by atoms with E-state index in [1.165, 1.54) is 29.0 Å². The second kappa shape index (κ2) is 18.5. The number of carboxylic acids is 1. The number of aliphatic carboxylic acids is 1. The van der Waals surface area contributed by atoms with Crippen LogP contribution >= 0.6 is 11.3 Å². The van der Waals surface area contributed by atoms with Crippen LogP contribution in [0, 0.1) is 12.3 Å². The summed E-state index contributed by atoms with van der Waals surface area (Å²) in [6, 6.07) is 19.2. The van der Waals surface area contributed by atoms with E-state index in [1.54, 1.807) is 13.2 Å². The minimum Gasteiger partial charge on any atom is -0.492 e. The second-order valence-corrected chi connectivity index (χ2v) is 9.85. The van der Waals surface area contributed by atoms with Crippen molar-refractivity contribution in [2.24, 2.45) is 0 Å². The molecule has 0 amide bonds. The molecular formula is C33H37F3O3S. The summed E-state index contributed by atoms with van der Waals surface area (Å²) in [4.78, 5) is 12.0. The molecule has 0 saturated carbocycles. The Morgan fingerprint density at radius 2 is 1.68 bits per heavy atom. The average Bonchev–Trinajstić information content (AvgIpc) is 3.42. The summed E-state index contributed by atoms with van der Waals surface area (Å²) in [5, 5.41) is 8.28. The third-order valence-corrected chi connectivity index (χ3v) is 6.76. The number of hydrogen-bond acceptors (Lipinski definition) is 3. The first-order valence-corrected chi connectivity index (χ1v) is 13.7. The van der Waals surface area contributed by atoms with E-state index in [1.807, 2.05) is 63.3 Å². The zero-order chi connectivity index (χ0) is 30.0. The van der Waals surface area contributed by atoms with E-state index in [9.17, 15) is 18.0 Å². The maximum atomic E-state index is 12.7. The van der Waals surface area contributed by atoms with E-state index in [0.29, 0.717) is 0 Å². The lowest BCUT2D eigenvalue weighted by Crippen LogP contribution is -2.03. The van der Waals surface area contributed by atoms with Crippen LogP contribution in [0.1, 0.15) is 69.1 Å². The van der Waals surface area contributed by atoms with Gasteiger partial charge in [-0.05, 0) is 75.9 Å². The maximum absolute atomic E-state index is 12.7. The van der Waals surface area contributed by atoms with Gasteiger partial charge in [-0.25, -0.2) is 0 Å². The number of halogens is 3. The topological polar surface area (TPSA) is 46.5 Å². The van der Waals surface area contributed by atoms with Gasteiger partial charge in [-0.3, -0.25) is 4.79 Å².